The van der Waals surface area contributed by atoms with Crippen molar-refractivity contribution in [2.45, 2.75) is 142 Å². The smallest absolute Gasteiger partial charge is 0.335 e. The second-order valence-corrected chi connectivity index (χ2v) is 8.50. The summed E-state index contributed by atoms with van der Waals surface area (Å²) in [5, 5.41) is 0. The Labute approximate surface area is 174 Å². The third-order valence-electron chi connectivity index (χ3n) is 5.43. The van der Waals surface area contributed by atoms with Crippen molar-refractivity contribution < 1.29 is 13.9 Å². The summed E-state index contributed by atoms with van der Waals surface area (Å²) in [6.07, 6.45) is 19.4. The lowest BCUT2D eigenvalue weighted by atomic mass is 9.99. The highest BCUT2D eigenvalue weighted by atomic mass is 19.2. The molecule has 1 atom stereocenters. The van der Waals surface area contributed by atoms with Gasteiger partial charge in [0.05, 0.1) is 0 Å². The summed E-state index contributed by atoms with van der Waals surface area (Å²) in [6.45, 7) is 9.57. The Morgan fingerprint density at radius 1 is 0.714 bits per heavy atom. The van der Waals surface area contributed by atoms with Crippen molar-refractivity contribution in [3.05, 3.63) is 12.2 Å². The maximum atomic E-state index is 15.2. The van der Waals surface area contributed by atoms with Gasteiger partial charge in [0.2, 0.25) is 0 Å². The molecule has 0 bridgehead atoms. The van der Waals surface area contributed by atoms with Crippen LogP contribution in [-0.2, 0) is 9.53 Å². The van der Waals surface area contributed by atoms with Gasteiger partial charge in [0.25, 0.3) is 5.85 Å². The highest BCUT2D eigenvalue weighted by Crippen LogP contribution is 2.29. The van der Waals surface area contributed by atoms with Crippen molar-refractivity contribution in [2.75, 3.05) is 0 Å². The molecule has 0 fully saturated rings. The first-order chi connectivity index (χ1) is 13.4. The van der Waals surface area contributed by atoms with Crippen molar-refractivity contribution >= 4 is 5.97 Å². The van der Waals surface area contributed by atoms with Crippen LogP contribution in [0.15, 0.2) is 12.2 Å². The molecular weight excluding hydrogens is 351 g/mol. The third kappa shape index (κ3) is 16.1. The van der Waals surface area contributed by atoms with E-state index < -0.39 is 11.8 Å². The summed E-state index contributed by atoms with van der Waals surface area (Å²) in [5.74, 6) is -2.42. The van der Waals surface area contributed by atoms with Crippen LogP contribution in [-0.4, -0.2) is 11.8 Å². The van der Waals surface area contributed by atoms with Crippen LogP contribution < -0.4 is 0 Å². The van der Waals surface area contributed by atoms with E-state index in [2.05, 4.69) is 20.4 Å². The number of hydrogen-bond donors (Lipinski definition) is 0. The molecule has 28 heavy (non-hydrogen) atoms. The van der Waals surface area contributed by atoms with E-state index in [9.17, 15) is 4.79 Å². The zero-order valence-corrected chi connectivity index (χ0v) is 19.1. The van der Waals surface area contributed by atoms with E-state index in [4.69, 9.17) is 4.74 Å². The number of rotatable bonds is 20. The van der Waals surface area contributed by atoms with Gasteiger partial charge in [-0.2, -0.15) is 4.39 Å². The Kier molecular flexibility index (Phi) is 17.6. The molecule has 0 saturated carbocycles. The molecule has 0 aromatic rings. The maximum Gasteiger partial charge on any atom is 0.335 e. The third-order valence-corrected chi connectivity index (χ3v) is 5.43. The van der Waals surface area contributed by atoms with E-state index in [0.717, 1.165) is 38.5 Å². The summed E-state index contributed by atoms with van der Waals surface area (Å²) in [4.78, 5) is 11.8. The lowest BCUT2D eigenvalue weighted by Gasteiger charge is -2.25. The van der Waals surface area contributed by atoms with Gasteiger partial charge in [-0.25, -0.2) is 4.79 Å². The van der Waals surface area contributed by atoms with Gasteiger partial charge in [-0.3, -0.25) is 0 Å². The van der Waals surface area contributed by atoms with Crippen molar-refractivity contribution in [3.8, 4) is 0 Å². The normalized spacial score (nSPS) is 13.3. The zero-order valence-electron chi connectivity index (χ0n) is 19.1. The Morgan fingerprint density at radius 2 is 1.04 bits per heavy atom. The topological polar surface area (TPSA) is 26.3 Å². The number of hydrogen-bond acceptors (Lipinski definition) is 2. The van der Waals surface area contributed by atoms with Crippen molar-refractivity contribution in [1.29, 1.82) is 0 Å². The predicted molar refractivity (Wildman–Crippen MR) is 119 cm³/mol. The molecule has 0 saturated heterocycles. The van der Waals surface area contributed by atoms with Crippen LogP contribution in [0.5, 0.6) is 0 Å². The summed E-state index contributed by atoms with van der Waals surface area (Å²) in [7, 11) is 0. The molecule has 0 aliphatic rings. The average Bonchev–Trinajstić information content (AvgIpc) is 2.66. The van der Waals surface area contributed by atoms with Crippen LogP contribution in [0.4, 0.5) is 4.39 Å². The fourth-order valence-corrected chi connectivity index (χ4v) is 3.53. The van der Waals surface area contributed by atoms with E-state index in [1.807, 2.05) is 0 Å². The molecule has 166 valence electrons. The second-order valence-electron chi connectivity index (χ2n) is 8.50. The number of ether oxygens (including phenoxy) is 1. The number of unbranched alkanes of at least 4 members (excludes halogenated alkanes) is 14. The van der Waals surface area contributed by atoms with E-state index in [-0.39, 0.29) is 5.57 Å². The minimum Gasteiger partial charge on any atom is -0.425 e. The molecule has 0 rings (SSSR count). The molecule has 0 aliphatic heterocycles. The van der Waals surface area contributed by atoms with Crippen LogP contribution in [0.1, 0.15) is 136 Å². The summed E-state index contributed by atoms with van der Waals surface area (Å²) < 4.78 is 20.4. The number of alkyl halides is 1. The molecule has 0 radical (unpaired) electrons. The van der Waals surface area contributed by atoms with Crippen LogP contribution in [0.2, 0.25) is 0 Å². The van der Waals surface area contributed by atoms with Crippen LogP contribution in [0.25, 0.3) is 0 Å². The molecule has 2 nitrogen and oxygen atoms in total. The quantitative estimate of drug-likeness (QED) is 0.116. The molecule has 0 aromatic carbocycles. The first kappa shape index (κ1) is 27.1. The van der Waals surface area contributed by atoms with Gasteiger partial charge in [0.1, 0.15) is 0 Å². The molecule has 3 heteroatoms. The second kappa shape index (κ2) is 18.2. The van der Waals surface area contributed by atoms with Gasteiger partial charge in [0.15, 0.2) is 0 Å². The van der Waals surface area contributed by atoms with E-state index in [1.165, 1.54) is 64.2 Å². The van der Waals surface area contributed by atoms with Crippen LogP contribution in [0, 0.1) is 0 Å². The van der Waals surface area contributed by atoms with E-state index in [1.54, 1.807) is 6.92 Å². The average molecular weight is 399 g/mol. The Balaban J connectivity index is 3.99. The largest absolute Gasteiger partial charge is 0.425 e. The van der Waals surface area contributed by atoms with E-state index in [0.29, 0.717) is 12.8 Å². The molecule has 1 unspecified atom stereocenters. The van der Waals surface area contributed by atoms with Crippen molar-refractivity contribution in [3.63, 3.8) is 0 Å². The monoisotopic (exact) mass is 398 g/mol. The minimum absolute atomic E-state index is 0.270. The Bertz CT molecular complexity index is 394. The standard InChI is InChI=1S/C25H47FO2/c1-5-7-9-11-12-13-14-15-16-18-20-22-25(26,28-24(27)23(3)4)21-19-17-10-8-6-2/h3,5-22H2,1-2,4H3. The molecule has 0 N–H and O–H groups in total. The minimum atomic E-state index is -1.82. The Hall–Kier alpha value is -0.860. The van der Waals surface area contributed by atoms with Gasteiger partial charge >= 0.3 is 5.97 Å². The van der Waals surface area contributed by atoms with Gasteiger partial charge in [-0.15, -0.1) is 0 Å². The van der Waals surface area contributed by atoms with Gasteiger partial charge in [-0.05, 0) is 19.8 Å². The number of carbonyl (C=O) groups is 1. The molecule has 0 aromatic heterocycles. The summed E-state index contributed by atoms with van der Waals surface area (Å²) >= 11 is 0. The molecule has 0 spiro atoms. The fourth-order valence-electron chi connectivity index (χ4n) is 3.53. The van der Waals surface area contributed by atoms with Crippen molar-refractivity contribution in [1.82, 2.24) is 0 Å². The van der Waals surface area contributed by atoms with Crippen molar-refractivity contribution in [2.24, 2.45) is 0 Å². The molecular formula is C25H47FO2. The lowest BCUT2D eigenvalue weighted by molar-refractivity contribution is -0.182. The van der Waals surface area contributed by atoms with Gasteiger partial charge in [0, 0.05) is 18.4 Å². The predicted octanol–water partition coefficient (Wildman–Crippen LogP) is 8.83. The fraction of sp³-hybridized carbons (Fsp3) is 0.880. The molecule has 0 heterocycles. The van der Waals surface area contributed by atoms with Gasteiger partial charge in [-0.1, -0.05) is 110 Å². The number of carbonyl (C=O) groups excluding carboxylic acids is 1. The maximum absolute atomic E-state index is 15.2. The first-order valence-electron chi connectivity index (χ1n) is 12.0. The summed E-state index contributed by atoms with van der Waals surface area (Å²) in [5.41, 5.74) is 0.270. The SMILES string of the molecule is C=C(C)C(=O)OC(F)(CCCCCCC)CCCCCCCCCCCCC. The Morgan fingerprint density at radius 3 is 1.36 bits per heavy atom. The zero-order chi connectivity index (χ0) is 21.1. The van der Waals surface area contributed by atoms with Gasteiger partial charge < -0.3 is 4.74 Å². The molecule has 0 aliphatic carbocycles. The number of esters is 1. The van der Waals surface area contributed by atoms with E-state index >= 15 is 4.39 Å². The number of halogens is 1. The highest BCUT2D eigenvalue weighted by molar-refractivity contribution is 5.87. The lowest BCUT2D eigenvalue weighted by Crippen LogP contribution is -2.30. The van der Waals surface area contributed by atoms with Crippen LogP contribution >= 0.6 is 0 Å². The first-order valence-corrected chi connectivity index (χ1v) is 12.0. The molecule has 0 amide bonds. The highest BCUT2D eigenvalue weighted by Gasteiger charge is 2.33. The summed E-state index contributed by atoms with van der Waals surface area (Å²) in [6, 6.07) is 0. The van der Waals surface area contributed by atoms with Crippen LogP contribution in [0.3, 0.4) is 0 Å².